The first kappa shape index (κ1) is 53.7. The zero-order valence-electron chi connectivity index (χ0n) is 40.1. The quantitative estimate of drug-likeness (QED) is 0.0491. The highest BCUT2D eigenvalue weighted by atomic mass is 79.9. The molecule has 17 nitrogen and oxygen atoms in total. The van der Waals surface area contributed by atoms with Gasteiger partial charge in [0.15, 0.2) is 29.1 Å². The van der Waals surface area contributed by atoms with Crippen LogP contribution in [0.3, 0.4) is 0 Å². The van der Waals surface area contributed by atoms with E-state index >= 15 is 8.78 Å². The molecule has 1 aliphatic heterocycles. The monoisotopic (exact) mass is 1090 g/mol. The molecule has 0 unspecified atom stereocenters. The number of thiophene rings is 1. The van der Waals surface area contributed by atoms with E-state index < -0.39 is 125 Å². The van der Waals surface area contributed by atoms with Crippen LogP contribution in [0.2, 0.25) is 0 Å². The number of carbonyl (C=O) groups excluding carboxylic acids is 7. The second-order valence-electron chi connectivity index (χ2n) is 19.6. The summed E-state index contributed by atoms with van der Waals surface area (Å²) in [6.45, 7) is 1.23. The van der Waals surface area contributed by atoms with Crippen molar-refractivity contribution in [2.24, 2.45) is 22.7 Å². The molecule has 8 rings (SSSR count). The van der Waals surface area contributed by atoms with Crippen molar-refractivity contribution in [3.05, 3.63) is 117 Å². The average Bonchev–Trinajstić information content (AvgIpc) is 4.07. The normalized spacial score (nSPS) is 30.1. The number of nitrogens with one attached hydrogen (secondary N) is 5. The second-order valence-corrected chi connectivity index (χ2v) is 21.2. The van der Waals surface area contributed by atoms with Gasteiger partial charge in [-0.05, 0) is 78.0 Å². The molecule has 21 heteroatoms. The van der Waals surface area contributed by atoms with Crippen molar-refractivity contribution in [3.63, 3.8) is 0 Å². The summed E-state index contributed by atoms with van der Waals surface area (Å²) in [5.74, 6) is -5.61. The number of amides is 5. The van der Waals surface area contributed by atoms with Crippen LogP contribution in [0, 0.1) is 22.7 Å². The van der Waals surface area contributed by atoms with Gasteiger partial charge in [-0.1, -0.05) is 83.5 Å². The van der Waals surface area contributed by atoms with E-state index in [0.717, 1.165) is 27.6 Å². The molecule has 73 heavy (non-hydrogen) atoms. The minimum absolute atomic E-state index is 0.00399. The first-order chi connectivity index (χ1) is 34.8. The highest BCUT2D eigenvalue weighted by molar-refractivity contribution is 9.09. The molecule has 390 valence electrons. The van der Waals surface area contributed by atoms with E-state index in [-0.39, 0.29) is 56.5 Å². The Morgan fingerprint density at radius 3 is 2.30 bits per heavy atom. The number of carbonyl (C=O) groups is 7. The lowest BCUT2D eigenvalue weighted by Crippen LogP contribution is -2.70. The van der Waals surface area contributed by atoms with Gasteiger partial charge in [-0.25, -0.2) is 8.78 Å². The number of benzene rings is 2. The number of ketones is 2. The van der Waals surface area contributed by atoms with E-state index in [1.165, 1.54) is 30.4 Å². The van der Waals surface area contributed by atoms with E-state index in [1.54, 1.807) is 37.3 Å². The smallest absolute Gasteiger partial charge is 0.243 e. The molecule has 4 aliphatic carbocycles. The molecule has 1 saturated heterocycles. The van der Waals surface area contributed by atoms with Gasteiger partial charge in [-0.15, -0.1) is 11.3 Å². The van der Waals surface area contributed by atoms with Crippen molar-refractivity contribution in [1.82, 2.24) is 26.6 Å². The van der Waals surface area contributed by atoms with Gasteiger partial charge in [0.05, 0.1) is 43.8 Å². The van der Waals surface area contributed by atoms with Gasteiger partial charge in [0.2, 0.25) is 29.5 Å². The minimum Gasteiger partial charge on any atom is -0.390 e. The standard InChI is InChI=1S/C52H58BrF2N5O12S/c1-49-13-12-33(62)17-37(49)38(54)18-36-35-19-42-52(41(64)25-61,50(35,2)20-40(63)51(36,49)55)72-48(71-42)32-16-34(73-27-32)14-30-8-10-31(11-9-30)26-70-28-59-45(67)23-58-47(69)39(15-29-6-4-3-5-7-29)60-46(68)24-57-44(66)22-56-43(65)21-53/h3-13,16-17,27,35-36,38-40,42,48,61,63H,14-15,18-26,28H2,1-2H3,(H,56,65)(H,57,66)(H,58,69)(H,59,67)(H,60,68)/t35-,36-,38-,39-,40-,42+,48+,49-,50-,51-,52+/m0/s1. The highest BCUT2D eigenvalue weighted by Crippen LogP contribution is 2.72. The third kappa shape index (κ3) is 10.6. The van der Waals surface area contributed by atoms with Crippen LogP contribution >= 0.6 is 27.3 Å². The topological polar surface area (TPSA) is 248 Å². The molecule has 2 heterocycles. The van der Waals surface area contributed by atoms with Crippen molar-refractivity contribution >= 4 is 68.4 Å². The number of hydrogen-bond acceptors (Lipinski definition) is 13. The Kier molecular flexibility index (Phi) is 16.3. The van der Waals surface area contributed by atoms with Gasteiger partial charge >= 0.3 is 0 Å². The summed E-state index contributed by atoms with van der Waals surface area (Å²) in [5, 5.41) is 36.5. The van der Waals surface area contributed by atoms with Crippen molar-refractivity contribution in [2.45, 2.75) is 94.5 Å². The Morgan fingerprint density at radius 1 is 0.890 bits per heavy atom. The first-order valence-corrected chi connectivity index (χ1v) is 26.0. The number of alkyl halides is 3. The summed E-state index contributed by atoms with van der Waals surface area (Å²) < 4.78 is 52.6. The van der Waals surface area contributed by atoms with Gasteiger partial charge in [0.1, 0.15) is 25.6 Å². The predicted octanol–water partition coefficient (Wildman–Crippen LogP) is 3.04. The van der Waals surface area contributed by atoms with Crippen LogP contribution < -0.4 is 26.6 Å². The van der Waals surface area contributed by atoms with E-state index in [0.29, 0.717) is 12.0 Å². The summed E-state index contributed by atoms with van der Waals surface area (Å²) in [6.07, 6.45) is -1.22. The van der Waals surface area contributed by atoms with Gasteiger partial charge in [-0.2, -0.15) is 0 Å². The molecular weight excluding hydrogens is 1040 g/mol. The Balaban J connectivity index is 0.807. The molecule has 3 aromatic rings. The molecule has 0 spiro atoms. The maximum Gasteiger partial charge on any atom is 0.243 e. The second kappa shape index (κ2) is 22.1. The van der Waals surface area contributed by atoms with Gasteiger partial charge in [0.25, 0.3) is 0 Å². The number of aliphatic hydroxyl groups excluding tert-OH is 2. The molecule has 5 amide bonds. The number of Topliss-reactive ketones (excluding diaryl/α,β-unsaturated/α-hetero) is 1. The van der Waals surface area contributed by atoms with E-state index in [1.807, 2.05) is 35.7 Å². The Labute approximate surface area is 432 Å². The lowest BCUT2D eigenvalue weighted by Gasteiger charge is -2.63. The fraction of sp³-hybridized carbons (Fsp3) is 0.481. The van der Waals surface area contributed by atoms with Gasteiger partial charge in [-0.3, -0.25) is 33.6 Å². The Morgan fingerprint density at radius 2 is 1.58 bits per heavy atom. The van der Waals surface area contributed by atoms with Crippen LogP contribution in [0.4, 0.5) is 8.78 Å². The fourth-order valence-electron chi connectivity index (χ4n) is 11.7. The number of fused-ring (bicyclic) bond motifs is 7. The maximum atomic E-state index is 17.8. The summed E-state index contributed by atoms with van der Waals surface area (Å²) in [6, 6.07) is 17.4. The molecule has 5 aliphatic rings. The summed E-state index contributed by atoms with van der Waals surface area (Å²) in [5.41, 5.74) is -3.72. The average molecular weight is 1100 g/mol. The first-order valence-electron chi connectivity index (χ1n) is 24.0. The molecule has 11 atom stereocenters. The maximum absolute atomic E-state index is 17.8. The summed E-state index contributed by atoms with van der Waals surface area (Å²) in [4.78, 5) is 89.0. The molecule has 0 bridgehead atoms. The SMILES string of the molecule is C[C@]12C=CC(=O)C=C1[C@@H](F)C[C@H]1[C@@H]3C[C@H]4O[C@@H](c5csc(Cc6ccc(COCNC(=O)CNC(=O)[C@H](Cc7ccccc7)NC(=O)CNC(=O)CNC(=O)CBr)cc6)c5)O[C@@]4(C(=O)CO)[C@@]3(C)C[C@H](O)[C@@]12F. The fourth-order valence-corrected chi connectivity index (χ4v) is 12.8. The van der Waals surface area contributed by atoms with E-state index in [2.05, 4.69) is 42.5 Å². The third-order valence-electron chi connectivity index (χ3n) is 15.3. The van der Waals surface area contributed by atoms with Crippen LogP contribution in [0.15, 0.2) is 89.8 Å². The van der Waals surface area contributed by atoms with Crippen molar-refractivity contribution in [1.29, 1.82) is 0 Å². The summed E-state index contributed by atoms with van der Waals surface area (Å²) >= 11 is 4.44. The predicted molar refractivity (Wildman–Crippen MR) is 264 cm³/mol. The molecule has 2 aromatic carbocycles. The number of halogens is 3. The zero-order chi connectivity index (χ0) is 52.3. The number of allylic oxidation sites excluding steroid dienone is 4. The molecule has 4 fully saturated rings. The van der Waals surface area contributed by atoms with Crippen LogP contribution in [0.5, 0.6) is 0 Å². The molecule has 7 N–H and O–H groups in total. The van der Waals surface area contributed by atoms with Crippen LogP contribution in [0.25, 0.3) is 0 Å². The lowest BCUT2D eigenvalue weighted by atomic mass is 9.44. The Bertz CT molecular complexity index is 2680. The highest BCUT2D eigenvalue weighted by Gasteiger charge is 2.80. The van der Waals surface area contributed by atoms with Crippen LogP contribution in [-0.2, 0) is 67.2 Å². The molecule has 1 aromatic heterocycles. The minimum atomic E-state index is -2.35. The van der Waals surface area contributed by atoms with Gasteiger partial charge < -0.3 is 51.0 Å². The zero-order valence-corrected chi connectivity index (χ0v) is 42.5. The van der Waals surface area contributed by atoms with Crippen molar-refractivity contribution in [2.75, 3.05) is 38.3 Å². The van der Waals surface area contributed by atoms with Crippen molar-refractivity contribution < 1.29 is 66.8 Å². The summed E-state index contributed by atoms with van der Waals surface area (Å²) in [7, 11) is 0. The van der Waals surface area contributed by atoms with Gasteiger partial charge in [0, 0.05) is 40.0 Å². The molecular formula is C52H58BrF2N5O12S. The Hall–Kier alpha value is -5.55. The number of rotatable bonds is 20. The third-order valence-corrected chi connectivity index (χ3v) is 16.8. The number of hydrogen-bond donors (Lipinski definition) is 7. The molecule has 0 radical (unpaired) electrons. The van der Waals surface area contributed by atoms with E-state index in [9.17, 15) is 43.8 Å². The number of ether oxygens (including phenoxy) is 3. The van der Waals surface area contributed by atoms with E-state index in [4.69, 9.17) is 14.2 Å². The van der Waals surface area contributed by atoms with Crippen molar-refractivity contribution in [3.8, 4) is 0 Å². The number of aliphatic hydroxyl groups is 2. The van der Waals surface area contributed by atoms with Crippen LogP contribution in [-0.4, -0.2) is 125 Å². The largest absolute Gasteiger partial charge is 0.390 e. The van der Waals surface area contributed by atoms with Crippen LogP contribution in [0.1, 0.15) is 66.5 Å². The molecule has 3 saturated carbocycles. The lowest BCUT2D eigenvalue weighted by molar-refractivity contribution is -0.235.